The lowest BCUT2D eigenvalue weighted by Crippen LogP contribution is -2.26. The normalized spacial score (nSPS) is 19.5. The maximum absolute atomic E-state index is 6.01. The Morgan fingerprint density at radius 1 is 1.37 bits per heavy atom. The molecule has 5 heteroatoms. The van der Waals surface area contributed by atoms with E-state index in [0.29, 0.717) is 18.1 Å². The molecule has 0 spiro atoms. The van der Waals surface area contributed by atoms with Crippen LogP contribution in [0.1, 0.15) is 58.6 Å². The smallest absolute Gasteiger partial charge is 0.135 e. The number of nitrogens with zero attached hydrogens (tertiary/aromatic N) is 2. The van der Waals surface area contributed by atoms with E-state index in [1.807, 2.05) is 0 Å². The van der Waals surface area contributed by atoms with Crippen LogP contribution in [-0.2, 0) is 11.3 Å². The number of aromatic nitrogens is 2. The summed E-state index contributed by atoms with van der Waals surface area (Å²) in [6.07, 6.45) is 6.36. The van der Waals surface area contributed by atoms with E-state index in [0.717, 1.165) is 23.7 Å². The van der Waals surface area contributed by atoms with Crippen LogP contribution in [0.25, 0.3) is 0 Å². The van der Waals surface area contributed by atoms with Gasteiger partial charge in [0.25, 0.3) is 0 Å². The first-order valence-electron chi connectivity index (χ1n) is 7.27. The molecule has 1 heterocycles. The van der Waals surface area contributed by atoms with Gasteiger partial charge in [0.1, 0.15) is 10.7 Å². The highest BCUT2D eigenvalue weighted by molar-refractivity contribution is 7.10. The SMILES string of the molecule is CCCNc1snnc1COC1CCC(C)(C)CC1. The Labute approximate surface area is 120 Å². The second-order valence-electron chi connectivity index (χ2n) is 6.15. The third kappa shape index (κ3) is 4.42. The minimum atomic E-state index is 0.397. The molecule has 4 nitrogen and oxygen atoms in total. The van der Waals surface area contributed by atoms with Crippen LogP contribution in [0.5, 0.6) is 0 Å². The van der Waals surface area contributed by atoms with E-state index in [1.165, 1.54) is 37.2 Å². The predicted molar refractivity (Wildman–Crippen MR) is 79.5 cm³/mol. The van der Waals surface area contributed by atoms with Gasteiger partial charge in [-0.25, -0.2) is 0 Å². The third-order valence-corrected chi connectivity index (χ3v) is 4.56. The van der Waals surface area contributed by atoms with Gasteiger partial charge < -0.3 is 10.1 Å². The highest BCUT2D eigenvalue weighted by atomic mass is 32.1. The van der Waals surface area contributed by atoms with Crippen LogP contribution >= 0.6 is 11.5 Å². The van der Waals surface area contributed by atoms with E-state index in [4.69, 9.17) is 4.74 Å². The quantitative estimate of drug-likeness (QED) is 0.861. The van der Waals surface area contributed by atoms with Gasteiger partial charge in [-0.2, -0.15) is 0 Å². The first-order valence-corrected chi connectivity index (χ1v) is 8.05. The summed E-state index contributed by atoms with van der Waals surface area (Å²) < 4.78 is 10.0. The zero-order chi connectivity index (χ0) is 13.7. The minimum absolute atomic E-state index is 0.397. The summed E-state index contributed by atoms with van der Waals surface area (Å²) in [4.78, 5) is 0. The number of anilines is 1. The number of rotatable bonds is 6. The van der Waals surface area contributed by atoms with Gasteiger partial charge in [0, 0.05) is 18.1 Å². The van der Waals surface area contributed by atoms with Crippen molar-refractivity contribution >= 4 is 16.5 Å². The Hall–Kier alpha value is -0.680. The molecule has 108 valence electrons. The molecule has 1 N–H and O–H groups in total. The van der Waals surface area contributed by atoms with E-state index < -0.39 is 0 Å². The molecule has 1 fully saturated rings. The second-order valence-corrected chi connectivity index (χ2v) is 6.90. The molecule has 1 saturated carbocycles. The first kappa shape index (κ1) is 14.7. The Balaban J connectivity index is 1.78. The van der Waals surface area contributed by atoms with Gasteiger partial charge in [-0.3, -0.25) is 0 Å². The van der Waals surface area contributed by atoms with Gasteiger partial charge in [0.15, 0.2) is 0 Å². The first-order chi connectivity index (χ1) is 9.11. The van der Waals surface area contributed by atoms with Crippen molar-refractivity contribution in [2.24, 2.45) is 5.41 Å². The van der Waals surface area contributed by atoms with Gasteiger partial charge in [-0.15, -0.1) is 5.10 Å². The van der Waals surface area contributed by atoms with E-state index >= 15 is 0 Å². The molecule has 1 aromatic heterocycles. The van der Waals surface area contributed by atoms with Crippen molar-refractivity contribution in [1.29, 1.82) is 0 Å². The summed E-state index contributed by atoms with van der Waals surface area (Å²) in [6.45, 7) is 8.41. The molecule has 0 atom stereocenters. The monoisotopic (exact) mass is 283 g/mol. The van der Waals surface area contributed by atoms with Gasteiger partial charge in [-0.05, 0) is 37.5 Å². The molecule has 1 aliphatic carbocycles. The summed E-state index contributed by atoms with van der Waals surface area (Å²) in [5.41, 5.74) is 1.46. The molecule has 0 radical (unpaired) electrons. The van der Waals surface area contributed by atoms with Crippen LogP contribution in [0.15, 0.2) is 0 Å². The zero-order valence-corrected chi connectivity index (χ0v) is 13.1. The molecule has 2 rings (SSSR count). The van der Waals surface area contributed by atoms with Crippen molar-refractivity contribution in [2.75, 3.05) is 11.9 Å². The van der Waals surface area contributed by atoms with Gasteiger partial charge >= 0.3 is 0 Å². The highest BCUT2D eigenvalue weighted by Crippen LogP contribution is 2.36. The fourth-order valence-corrected chi connectivity index (χ4v) is 3.00. The van der Waals surface area contributed by atoms with E-state index in [1.54, 1.807) is 0 Å². The standard InChI is InChI=1S/C14H25N3OS/c1-4-9-15-13-12(16-17-19-13)10-18-11-5-7-14(2,3)8-6-11/h11,15H,4-10H2,1-3H3. The van der Waals surface area contributed by atoms with Gasteiger partial charge in [0.05, 0.1) is 12.7 Å². The summed E-state index contributed by atoms with van der Waals surface area (Å²) in [7, 11) is 0. The number of hydrogen-bond donors (Lipinski definition) is 1. The van der Waals surface area contributed by atoms with Gasteiger partial charge in [0.2, 0.25) is 0 Å². The lowest BCUT2D eigenvalue weighted by atomic mass is 9.76. The summed E-state index contributed by atoms with van der Waals surface area (Å²) in [5.74, 6) is 0. The molecule has 19 heavy (non-hydrogen) atoms. The number of hydrogen-bond acceptors (Lipinski definition) is 5. The molecular weight excluding hydrogens is 258 g/mol. The maximum atomic E-state index is 6.01. The summed E-state index contributed by atoms with van der Waals surface area (Å²) >= 11 is 1.42. The molecule has 0 saturated heterocycles. The van der Waals surface area contributed by atoms with Crippen molar-refractivity contribution in [2.45, 2.75) is 65.6 Å². The Kier molecular flexibility index (Phi) is 5.16. The summed E-state index contributed by atoms with van der Waals surface area (Å²) in [6, 6.07) is 0. The molecule has 1 aliphatic rings. The van der Waals surface area contributed by atoms with Crippen LogP contribution in [0.3, 0.4) is 0 Å². The highest BCUT2D eigenvalue weighted by Gasteiger charge is 2.27. The largest absolute Gasteiger partial charge is 0.374 e. The third-order valence-electron chi connectivity index (χ3n) is 3.83. The Morgan fingerprint density at radius 2 is 2.11 bits per heavy atom. The van der Waals surface area contributed by atoms with Crippen molar-refractivity contribution in [3.05, 3.63) is 5.69 Å². The van der Waals surface area contributed by atoms with E-state index in [-0.39, 0.29) is 0 Å². The van der Waals surface area contributed by atoms with Gasteiger partial charge in [-0.1, -0.05) is 25.3 Å². The average molecular weight is 283 g/mol. The fraction of sp³-hybridized carbons (Fsp3) is 0.857. The number of nitrogens with one attached hydrogen (secondary N) is 1. The lowest BCUT2D eigenvalue weighted by molar-refractivity contribution is -0.00668. The lowest BCUT2D eigenvalue weighted by Gasteiger charge is -2.34. The van der Waals surface area contributed by atoms with Crippen LogP contribution in [0.2, 0.25) is 0 Å². The van der Waals surface area contributed by atoms with Crippen molar-refractivity contribution in [3.63, 3.8) is 0 Å². The molecule has 0 aliphatic heterocycles. The minimum Gasteiger partial charge on any atom is -0.374 e. The molecular formula is C14H25N3OS. The molecule has 0 amide bonds. The van der Waals surface area contributed by atoms with Crippen molar-refractivity contribution in [1.82, 2.24) is 9.59 Å². The average Bonchev–Trinajstić information content (AvgIpc) is 2.82. The Bertz CT molecular complexity index is 382. The van der Waals surface area contributed by atoms with Crippen LogP contribution < -0.4 is 5.32 Å². The second kappa shape index (κ2) is 6.66. The maximum Gasteiger partial charge on any atom is 0.135 e. The van der Waals surface area contributed by atoms with E-state index in [2.05, 4.69) is 35.7 Å². The summed E-state index contributed by atoms with van der Waals surface area (Å²) in [5, 5.41) is 8.59. The van der Waals surface area contributed by atoms with Crippen LogP contribution in [0.4, 0.5) is 5.00 Å². The molecule has 0 aromatic carbocycles. The van der Waals surface area contributed by atoms with E-state index in [9.17, 15) is 0 Å². The molecule has 0 bridgehead atoms. The number of ether oxygens (including phenoxy) is 1. The zero-order valence-electron chi connectivity index (χ0n) is 12.2. The molecule has 1 aromatic rings. The molecule has 0 unspecified atom stereocenters. The predicted octanol–water partition coefficient (Wildman–Crippen LogP) is 3.85. The fourth-order valence-electron chi connectivity index (χ4n) is 2.41. The van der Waals surface area contributed by atoms with Crippen molar-refractivity contribution < 1.29 is 4.74 Å². The van der Waals surface area contributed by atoms with Crippen molar-refractivity contribution in [3.8, 4) is 0 Å². The van der Waals surface area contributed by atoms with Crippen LogP contribution in [0, 0.1) is 5.41 Å². The van der Waals surface area contributed by atoms with Crippen LogP contribution in [-0.4, -0.2) is 22.2 Å². The Morgan fingerprint density at radius 3 is 2.79 bits per heavy atom. The topological polar surface area (TPSA) is 47.0 Å².